The first-order valence-electron chi connectivity index (χ1n) is 5.56. The molecule has 16 heavy (non-hydrogen) atoms. The normalized spacial score (nSPS) is 11.0. The van der Waals surface area contributed by atoms with Crippen LogP contribution in [0.4, 0.5) is 5.82 Å². The van der Waals surface area contributed by atoms with E-state index in [1.165, 1.54) is 0 Å². The molecule has 5 heteroatoms. The van der Waals surface area contributed by atoms with E-state index >= 15 is 0 Å². The molecule has 0 aliphatic heterocycles. The monoisotopic (exact) mass is 224 g/mol. The van der Waals surface area contributed by atoms with Gasteiger partial charge in [0.05, 0.1) is 5.56 Å². The van der Waals surface area contributed by atoms with Gasteiger partial charge in [-0.15, -0.1) is 0 Å². The van der Waals surface area contributed by atoms with E-state index in [1.54, 1.807) is 0 Å². The fourth-order valence-electron chi connectivity index (χ4n) is 1.50. The molecule has 0 atom stereocenters. The predicted molar refractivity (Wildman–Crippen MR) is 65.5 cm³/mol. The molecule has 0 bridgehead atoms. The Hall–Kier alpha value is -1.36. The zero-order valence-corrected chi connectivity index (χ0v) is 10.2. The van der Waals surface area contributed by atoms with Crippen LogP contribution in [0.15, 0.2) is 4.79 Å². The summed E-state index contributed by atoms with van der Waals surface area (Å²) >= 11 is 0. The largest absolute Gasteiger partial charge is 0.383 e. The summed E-state index contributed by atoms with van der Waals surface area (Å²) in [6, 6.07) is 0. The van der Waals surface area contributed by atoms with Gasteiger partial charge in [-0.1, -0.05) is 13.3 Å². The van der Waals surface area contributed by atoms with Gasteiger partial charge in [-0.3, -0.25) is 4.79 Å². The topological polar surface area (TPSA) is 75.0 Å². The van der Waals surface area contributed by atoms with Crippen LogP contribution >= 0.6 is 0 Å². The quantitative estimate of drug-likeness (QED) is 0.759. The first-order valence-corrected chi connectivity index (χ1v) is 5.56. The zero-order valence-electron chi connectivity index (χ0n) is 10.2. The number of nitrogens with zero attached hydrogens (tertiary/aromatic N) is 2. The fraction of sp³-hybridized carbons (Fsp3) is 0.636. The van der Waals surface area contributed by atoms with Crippen molar-refractivity contribution in [2.75, 3.05) is 26.4 Å². The summed E-state index contributed by atoms with van der Waals surface area (Å²) in [4.78, 5) is 20.7. The maximum Gasteiger partial charge on any atom is 0.256 e. The van der Waals surface area contributed by atoms with Crippen molar-refractivity contribution in [1.29, 1.82) is 0 Å². The standard InChI is InChI=1S/C11H20N4O/c1-4-5-8-10(12)13-9(14-11(8)16)6-7-15(2)3/h4-7H2,1-3H3,(H3,12,13,14,16). The van der Waals surface area contributed by atoms with Crippen LogP contribution in [0, 0.1) is 0 Å². The minimum atomic E-state index is -0.0943. The van der Waals surface area contributed by atoms with Crippen LogP contribution < -0.4 is 11.3 Å². The lowest BCUT2D eigenvalue weighted by Gasteiger charge is -2.10. The van der Waals surface area contributed by atoms with Gasteiger partial charge in [0.25, 0.3) is 5.56 Å². The zero-order chi connectivity index (χ0) is 12.1. The summed E-state index contributed by atoms with van der Waals surface area (Å²) in [5.41, 5.74) is 6.28. The minimum absolute atomic E-state index is 0.0943. The van der Waals surface area contributed by atoms with Crippen molar-refractivity contribution in [3.63, 3.8) is 0 Å². The van der Waals surface area contributed by atoms with Crippen molar-refractivity contribution in [3.8, 4) is 0 Å². The van der Waals surface area contributed by atoms with Crippen molar-refractivity contribution in [2.24, 2.45) is 0 Å². The number of hydrogen-bond donors (Lipinski definition) is 2. The molecule has 0 amide bonds. The van der Waals surface area contributed by atoms with Gasteiger partial charge in [-0.2, -0.15) is 0 Å². The Labute approximate surface area is 95.7 Å². The van der Waals surface area contributed by atoms with Gasteiger partial charge in [0.2, 0.25) is 0 Å². The van der Waals surface area contributed by atoms with E-state index in [1.807, 2.05) is 25.9 Å². The number of H-pyrrole nitrogens is 1. The Morgan fingerprint density at radius 1 is 1.38 bits per heavy atom. The molecule has 0 aliphatic rings. The van der Waals surface area contributed by atoms with Crippen LogP contribution in [0.3, 0.4) is 0 Å². The molecule has 0 fully saturated rings. The molecule has 0 aliphatic carbocycles. The summed E-state index contributed by atoms with van der Waals surface area (Å²) in [5.74, 6) is 1.04. The van der Waals surface area contributed by atoms with E-state index in [0.29, 0.717) is 30.0 Å². The first-order chi connectivity index (χ1) is 7.54. The van der Waals surface area contributed by atoms with Crippen molar-refractivity contribution in [3.05, 3.63) is 21.7 Å². The molecule has 0 saturated heterocycles. The number of aromatic nitrogens is 2. The number of likely N-dealkylation sites (N-methyl/N-ethyl adjacent to an activating group) is 1. The Morgan fingerprint density at radius 3 is 2.56 bits per heavy atom. The number of nitrogen functional groups attached to an aromatic ring is 1. The number of anilines is 1. The smallest absolute Gasteiger partial charge is 0.256 e. The molecule has 0 radical (unpaired) electrons. The third-order valence-electron chi connectivity index (χ3n) is 2.39. The second kappa shape index (κ2) is 5.65. The maximum absolute atomic E-state index is 11.7. The van der Waals surface area contributed by atoms with E-state index in [2.05, 4.69) is 9.97 Å². The number of hydrogen-bond acceptors (Lipinski definition) is 4. The van der Waals surface area contributed by atoms with Crippen LogP contribution in [0.1, 0.15) is 24.7 Å². The van der Waals surface area contributed by atoms with Gasteiger partial charge in [0.15, 0.2) is 0 Å². The highest BCUT2D eigenvalue weighted by molar-refractivity contribution is 5.37. The van der Waals surface area contributed by atoms with Gasteiger partial charge >= 0.3 is 0 Å². The lowest BCUT2D eigenvalue weighted by Crippen LogP contribution is -2.22. The van der Waals surface area contributed by atoms with E-state index in [9.17, 15) is 4.79 Å². The molecule has 1 aromatic rings. The van der Waals surface area contributed by atoms with Crippen molar-refractivity contribution >= 4 is 5.82 Å². The molecule has 1 rings (SSSR count). The van der Waals surface area contributed by atoms with Gasteiger partial charge in [-0.25, -0.2) is 4.98 Å². The lowest BCUT2D eigenvalue weighted by atomic mass is 10.2. The highest BCUT2D eigenvalue weighted by Gasteiger charge is 2.07. The third kappa shape index (κ3) is 3.34. The number of rotatable bonds is 5. The highest BCUT2D eigenvalue weighted by Crippen LogP contribution is 2.05. The second-order valence-corrected chi connectivity index (χ2v) is 4.18. The van der Waals surface area contributed by atoms with Gasteiger partial charge in [0.1, 0.15) is 11.6 Å². The predicted octanol–water partition coefficient (Wildman–Crippen LogP) is 0.409. The Balaban J connectivity index is 2.87. The van der Waals surface area contributed by atoms with Crippen LogP contribution in [0.2, 0.25) is 0 Å². The fourth-order valence-corrected chi connectivity index (χ4v) is 1.50. The molecule has 3 N–H and O–H groups in total. The Kier molecular flexibility index (Phi) is 4.49. The van der Waals surface area contributed by atoms with Crippen LogP contribution in [0.5, 0.6) is 0 Å². The average molecular weight is 224 g/mol. The molecular weight excluding hydrogens is 204 g/mol. The SMILES string of the molecule is CCCc1c(N)nc(CCN(C)C)[nH]c1=O. The van der Waals surface area contributed by atoms with Crippen LogP contribution in [-0.2, 0) is 12.8 Å². The summed E-state index contributed by atoms with van der Waals surface area (Å²) in [6.45, 7) is 2.86. The molecule has 0 saturated carbocycles. The molecule has 0 spiro atoms. The minimum Gasteiger partial charge on any atom is -0.383 e. The van der Waals surface area contributed by atoms with Crippen LogP contribution in [-0.4, -0.2) is 35.5 Å². The number of aromatic amines is 1. The van der Waals surface area contributed by atoms with Crippen molar-refractivity contribution in [2.45, 2.75) is 26.2 Å². The van der Waals surface area contributed by atoms with Gasteiger partial charge in [-0.05, 0) is 20.5 Å². The molecule has 1 aromatic heterocycles. The van der Waals surface area contributed by atoms with E-state index < -0.39 is 0 Å². The number of nitrogens with one attached hydrogen (secondary N) is 1. The summed E-state index contributed by atoms with van der Waals surface area (Å²) in [6.07, 6.45) is 2.28. The summed E-state index contributed by atoms with van der Waals surface area (Å²) in [7, 11) is 3.96. The van der Waals surface area contributed by atoms with Crippen LogP contribution in [0.25, 0.3) is 0 Å². The lowest BCUT2D eigenvalue weighted by molar-refractivity contribution is 0.409. The number of nitrogens with two attached hydrogens (primary N) is 1. The van der Waals surface area contributed by atoms with Crippen molar-refractivity contribution < 1.29 is 0 Å². The first kappa shape index (κ1) is 12.7. The second-order valence-electron chi connectivity index (χ2n) is 4.18. The molecule has 0 aromatic carbocycles. The van der Waals surface area contributed by atoms with E-state index in [-0.39, 0.29) is 5.56 Å². The Bertz CT molecular complexity index is 397. The summed E-state index contributed by atoms with van der Waals surface area (Å²) < 4.78 is 0. The average Bonchev–Trinajstić information content (AvgIpc) is 2.20. The maximum atomic E-state index is 11.7. The van der Waals surface area contributed by atoms with E-state index in [0.717, 1.165) is 13.0 Å². The highest BCUT2D eigenvalue weighted by atomic mass is 16.1. The van der Waals surface area contributed by atoms with E-state index in [4.69, 9.17) is 5.73 Å². The molecule has 90 valence electrons. The van der Waals surface area contributed by atoms with Crippen molar-refractivity contribution in [1.82, 2.24) is 14.9 Å². The van der Waals surface area contributed by atoms with Gasteiger partial charge < -0.3 is 15.6 Å². The molecule has 0 unspecified atom stereocenters. The molecular formula is C11H20N4O. The molecule has 5 nitrogen and oxygen atoms in total. The van der Waals surface area contributed by atoms with Gasteiger partial charge in [0, 0.05) is 13.0 Å². The Morgan fingerprint density at radius 2 is 2.06 bits per heavy atom. The summed E-state index contributed by atoms with van der Waals surface area (Å²) in [5, 5.41) is 0. The third-order valence-corrected chi connectivity index (χ3v) is 2.39. The molecule has 1 heterocycles.